The summed E-state index contributed by atoms with van der Waals surface area (Å²) >= 11 is 6.24. The van der Waals surface area contributed by atoms with Crippen LogP contribution in [0.4, 0.5) is 0 Å². The summed E-state index contributed by atoms with van der Waals surface area (Å²) in [5.41, 5.74) is -0.179. The summed E-state index contributed by atoms with van der Waals surface area (Å²) in [6.07, 6.45) is 1.54. The van der Waals surface area contributed by atoms with E-state index < -0.39 is 5.60 Å². The van der Waals surface area contributed by atoms with Gasteiger partial charge >= 0.3 is 0 Å². The van der Waals surface area contributed by atoms with E-state index in [0.717, 1.165) is 5.56 Å². The van der Waals surface area contributed by atoms with Crippen LogP contribution in [0.25, 0.3) is 0 Å². The number of guanidine groups is 1. The third-order valence-electron chi connectivity index (χ3n) is 3.67. The van der Waals surface area contributed by atoms with Gasteiger partial charge in [0.2, 0.25) is 0 Å². The molecule has 2 unspecified atom stereocenters. The molecule has 0 spiro atoms. The van der Waals surface area contributed by atoms with Crippen molar-refractivity contribution in [1.82, 2.24) is 10.6 Å². The van der Waals surface area contributed by atoms with E-state index >= 15 is 0 Å². The van der Waals surface area contributed by atoms with Gasteiger partial charge in [-0.25, -0.2) is 4.99 Å². The van der Waals surface area contributed by atoms with E-state index in [0.29, 0.717) is 23.3 Å². The summed E-state index contributed by atoms with van der Waals surface area (Å²) < 4.78 is 5.28. The van der Waals surface area contributed by atoms with Gasteiger partial charge in [0, 0.05) is 11.6 Å². The molecular weight excluding hydrogens is 453 g/mol. The Morgan fingerprint density at radius 1 is 1.32 bits per heavy atom. The number of rotatable bonds is 6. The van der Waals surface area contributed by atoms with Crippen molar-refractivity contribution in [2.75, 3.05) is 13.1 Å². The molecule has 0 saturated carbocycles. The van der Waals surface area contributed by atoms with Gasteiger partial charge in [0.1, 0.15) is 11.4 Å². The third-order valence-corrected chi connectivity index (χ3v) is 4.01. The highest BCUT2D eigenvalue weighted by atomic mass is 127. The molecule has 1 aromatic carbocycles. The fourth-order valence-corrected chi connectivity index (χ4v) is 2.62. The summed E-state index contributed by atoms with van der Waals surface area (Å²) in [5, 5.41) is 17.7. The highest BCUT2D eigenvalue weighted by Gasteiger charge is 2.26. The molecule has 1 heterocycles. The zero-order valence-electron chi connectivity index (χ0n) is 14.6. The molecule has 0 saturated heterocycles. The Kier molecular flexibility index (Phi) is 8.75. The van der Waals surface area contributed by atoms with E-state index in [2.05, 4.69) is 15.6 Å². The molecule has 138 valence electrons. The molecule has 0 radical (unpaired) electrons. The zero-order valence-corrected chi connectivity index (χ0v) is 17.7. The van der Waals surface area contributed by atoms with Crippen molar-refractivity contribution < 1.29 is 9.52 Å². The van der Waals surface area contributed by atoms with Crippen molar-refractivity contribution in [3.05, 3.63) is 59.0 Å². The first kappa shape index (κ1) is 21.8. The van der Waals surface area contributed by atoms with Gasteiger partial charge in [0.05, 0.1) is 18.8 Å². The van der Waals surface area contributed by atoms with Crippen molar-refractivity contribution in [2.24, 2.45) is 4.99 Å². The molecule has 7 heteroatoms. The van der Waals surface area contributed by atoms with Crippen LogP contribution in [0.1, 0.15) is 38.1 Å². The maximum absolute atomic E-state index is 10.5. The number of hydrogen-bond donors (Lipinski definition) is 3. The third kappa shape index (κ3) is 6.20. The van der Waals surface area contributed by atoms with Gasteiger partial charge in [-0.2, -0.15) is 0 Å². The maximum Gasteiger partial charge on any atom is 0.191 e. The Hall–Kier alpha value is -1.25. The predicted molar refractivity (Wildman–Crippen MR) is 113 cm³/mol. The van der Waals surface area contributed by atoms with Crippen LogP contribution in [0.15, 0.2) is 52.1 Å². The Labute approximate surface area is 170 Å². The second-order valence-corrected chi connectivity index (χ2v) is 6.24. The molecule has 3 N–H and O–H groups in total. The first-order valence-corrected chi connectivity index (χ1v) is 8.37. The second kappa shape index (κ2) is 10.0. The molecule has 0 aliphatic heterocycles. The quantitative estimate of drug-likeness (QED) is 0.333. The standard InChI is InChI=1S/C18H24ClN3O2.HI/c1-4-20-17(21-12-18(3,23)16-10-7-11-24-16)22-13(2)14-8-5-6-9-15(14)19;/h5-11,13,23H,4,12H2,1-3H3,(H2,20,21,22);1H. The van der Waals surface area contributed by atoms with Gasteiger partial charge < -0.3 is 20.2 Å². The van der Waals surface area contributed by atoms with Crippen molar-refractivity contribution >= 4 is 41.5 Å². The smallest absolute Gasteiger partial charge is 0.191 e. The summed E-state index contributed by atoms with van der Waals surface area (Å²) in [7, 11) is 0. The molecule has 0 amide bonds. The SMILES string of the molecule is CCNC(=NCC(C)(O)c1ccco1)NC(C)c1ccccc1Cl.I. The molecule has 2 rings (SSSR count). The molecule has 2 aromatic rings. The number of nitrogens with zero attached hydrogens (tertiary/aromatic N) is 1. The minimum absolute atomic E-state index is 0. The van der Waals surface area contributed by atoms with Crippen LogP contribution in [0.2, 0.25) is 5.02 Å². The van der Waals surface area contributed by atoms with Crippen molar-refractivity contribution in [3.63, 3.8) is 0 Å². The first-order valence-electron chi connectivity index (χ1n) is 7.99. The van der Waals surface area contributed by atoms with Gasteiger partial charge in [0.15, 0.2) is 5.96 Å². The van der Waals surface area contributed by atoms with Crippen molar-refractivity contribution in [1.29, 1.82) is 0 Å². The number of aliphatic imine (C=N–C) groups is 1. The lowest BCUT2D eigenvalue weighted by molar-refractivity contribution is 0.0437. The summed E-state index contributed by atoms with van der Waals surface area (Å²) in [6.45, 7) is 6.56. The summed E-state index contributed by atoms with van der Waals surface area (Å²) in [6, 6.07) is 11.1. The zero-order chi connectivity index (χ0) is 17.6. The number of furan rings is 1. The van der Waals surface area contributed by atoms with E-state index in [1.165, 1.54) is 6.26 Å². The van der Waals surface area contributed by atoms with Gasteiger partial charge in [0.25, 0.3) is 0 Å². The molecule has 5 nitrogen and oxygen atoms in total. The largest absolute Gasteiger partial charge is 0.466 e. The molecule has 1 aromatic heterocycles. The highest BCUT2D eigenvalue weighted by Crippen LogP contribution is 2.23. The minimum atomic E-state index is -1.17. The summed E-state index contributed by atoms with van der Waals surface area (Å²) in [5.74, 6) is 1.10. The van der Waals surface area contributed by atoms with Crippen LogP contribution in [-0.2, 0) is 5.60 Å². The van der Waals surface area contributed by atoms with Gasteiger partial charge in [-0.3, -0.25) is 0 Å². The second-order valence-electron chi connectivity index (χ2n) is 5.83. The van der Waals surface area contributed by atoms with Crippen molar-refractivity contribution in [2.45, 2.75) is 32.4 Å². The predicted octanol–water partition coefficient (Wildman–Crippen LogP) is 4.07. The van der Waals surface area contributed by atoms with E-state index in [9.17, 15) is 5.11 Å². The molecular formula is C18H25ClIN3O2. The molecule has 2 atom stereocenters. The lowest BCUT2D eigenvalue weighted by atomic mass is 10.0. The van der Waals surface area contributed by atoms with Crippen LogP contribution >= 0.6 is 35.6 Å². The van der Waals surface area contributed by atoms with Crippen molar-refractivity contribution in [3.8, 4) is 0 Å². The van der Waals surface area contributed by atoms with E-state index in [1.54, 1.807) is 19.1 Å². The molecule has 0 bridgehead atoms. The Balaban J connectivity index is 0.00000312. The fourth-order valence-electron chi connectivity index (χ4n) is 2.33. The number of aliphatic hydroxyl groups is 1. The molecule has 0 aliphatic rings. The number of hydrogen-bond acceptors (Lipinski definition) is 3. The van der Waals surface area contributed by atoms with Gasteiger partial charge in [-0.15, -0.1) is 24.0 Å². The van der Waals surface area contributed by atoms with Gasteiger partial charge in [-0.1, -0.05) is 29.8 Å². The molecule has 0 aliphatic carbocycles. The molecule has 25 heavy (non-hydrogen) atoms. The highest BCUT2D eigenvalue weighted by molar-refractivity contribution is 14.0. The molecule has 0 fully saturated rings. The number of benzene rings is 1. The number of nitrogens with one attached hydrogen (secondary N) is 2. The normalized spacial score (nSPS) is 15.0. The Morgan fingerprint density at radius 2 is 2.04 bits per heavy atom. The van der Waals surface area contributed by atoms with Crippen LogP contribution in [0.5, 0.6) is 0 Å². The van der Waals surface area contributed by atoms with E-state index in [4.69, 9.17) is 16.0 Å². The number of halogens is 2. The fraction of sp³-hybridized carbons (Fsp3) is 0.389. The van der Waals surface area contributed by atoms with Crippen LogP contribution in [0, 0.1) is 0 Å². The average Bonchev–Trinajstić information content (AvgIpc) is 3.08. The maximum atomic E-state index is 10.5. The lowest BCUT2D eigenvalue weighted by Crippen LogP contribution is -2.40. The van der Waals surface area contributed by atoms with Crippen LogP contribution in [-0.4, -0.2) is 24.2 Å². The van der Waals surface area contributed by atoms with E-state index in [1.807, 2.05) is 38.1 Å². The lowest BCUT2D eigenvalue weighted by Gasteiger charge is -2.22. The first-order chi connectivity index (χ1) is 11.4. The monoisotopic (exact) mass is 477 g/mol. The Morgan fingerprint density at radius 3 is 2.64 bits per heavy atom. The summed E-state index contributed by atoms with van der Waals surface area (Å²) in [4.78, 5) is 4.48. The van der Waals surface area contributed by atoms with Crippen LogP contribution in [0.3, 0.4) is 0 Å². The van der Waals surface area contributed by atoms with Gasteiger partial charge in [-0.05, 0) is 44.5 Å². The van der Waals surface area contributed by atoms with Crippen LogP contribution < -0.4 is 10.6 Å². The average molecular weight is 478 g/mol. The Bertz CT molecular complexity index is 675. The topological polar surface area (TPSA) is 69.8 Å². The van der Waals surface area contributed by atoms with E-state index in [-0.39, 0.29) is 36.6 Å². The minimum Gasteiger partial charge on any atom is -0.466 e.